The normalized spacial score (nSPS) is 11.9. The van der Waals surface area contributed by atoms with Gasteiger partial charge < -0.3 is 5.32 Å². The third-order valence-corrected chi connectivity index (χ3v) is 3.85. The van der Waals surface area contributed by atoms with Crippen LogP contribution in [0.2, 0.25) is 5.15 Å². The number of aromatic nitrogens is 2. The lowest BCUT2D eigenvalue weighted by Crippen LogP contribution is -2.28. The first-order chi connectivity index (χ1) is 10.0. The van der Waals surface area contributed by atoms with Crippen LogP contribution in [0.4, 0.5) is 5.69 Å². The number of rotatable bonds is 5. The van der Waals surface area contributed by atoms with Crippen molar-refractivity contribution in [2.24, 2.45) is 0 Å². The van der Waals surface area contributed by atoms with E-state index in [4.69, 9.17) is 11.6 Å². The molecule has 0 aliphatic carbocycles. The minimum absolute atomic E-state index is 0.0213. The molecule has 1 unspecified atom stereocenters. The number of carbonyl (C=O) groups excluding carboxylic acids is 1. The van der Waals surface area contributed by atoms with Crippen LogP contribution in [0.5, 0.6) is 0 Å². The largest absolute Gasteiger partial charge is 0.343 e. The smallest absolute Gasteiger partial charge is 0.300 e. The second-order valence-electron chi connectivity index (χ2n) is 4.09. The van der Waals surface area contributed by atoms with Crippen LogP contribution in [0.15, 0.2) is 23.8 Å². The molecule has 2 rings (SSSR count). The molecule has 0 aliphatic heterocycles. The Bertz CT molecular complexity index is 663. The lowest BCUT2D eigenvalue weighted by Gasteiger charge is -2.14. The number of halogens is 1. The summed E-state index contributed by atoms with van der Waals surface area (Å²) in [4.78, 5) is 30.3. The Hall–Kier alpha value is -2.06. The van der Waals surface area contributed by atoms with Crippen molar-refractivity contribution in [2.75, 3.05) is 0 Å². The van der Waals surface area contributed by atoms with E-state index < -0.39 is 10.8 Å². The van der Waals surface area contributed by atoms with Crippen LogP contribution in [-0.4, -0.2) is 20.8 Å². The zero-order valence-corrected chi connectivity index (χ0v) is 12.5. The Morgan fingerprint density at radius 2 is 2.33 bits per heavy atom. The van der Waals surface area contributed by atoms with E-state index in [9.17, 15) is 14.9 Å². The highest BCUT2D eigenvalue weighted by Gasteiger charge is 2.24. The van der Waals surface area contributed by atoms with Crippen molar-refractivity contribution >= 4 is 34.5 Å². The summed E-state index contributed by atoms with van der Waals surface area (Å²) in [5.41, 5.74) is -0.499. The van der Waals surface area contributed by atoms with Crippen molar-refractivity contribution in [3.63, 3.8) is 0 Å². The molecule has 0 aliphatic rings. The Balaban J connectivity index is 2.27. The third kappa shape index (κ3) is 3.53. The van der Waals surface area contributed by atoms with Gasteiger partial charge in [-0.1, -0.05) is 18.5 Å². The summed E-state index contributed by atoms with van der Waals surface area (Å²) in [6, 6.07) is 0.882. The molecule has 0 fully saturated rings. The average Bonchev–Trinajstić information content (AvgIpc) is 2.98. The number of nitro groups is 1. The number of nitrogens with zero attached hydrogens (tertiary/aromatic N) is 3. The number of hydrogen-bond acceptors (Lipinski definition) is 6. The molecule has 7 nitrogen and oxygen atoms in total. The first-order valence-corrected chi connectivity index (χ1v) is 7.28. The molecule has 0 bridgehead atoms. The first-order valence-electron chi connectivity index (χ1n) is 6.03. The van der Waals surface area contributed by atoms with Crippen molar-refractivity contribution in [1.82, 2.24) is 15.3 Å². The molecule has 0 spiro atoms. The molecule has 0 saturated carbocycles. The van der Waals surface area contributed by atoms with Gasteiger partial charge in [-0.2, -0.15) is 0 Å². The summed E-state index contributed by atoms with van der Waals surface area (Å²) < 4.78 is 0. The SMILES string of the molecule is CCC(NC(=O)c1cc(Cl)ncc1[N+](=O)[O-])c1nccs1. The maximum atomic E-state index is 12.3. The molecule has 110 valence electrons. The molecule has 0 radical (unpaired) electrons. The lowest BCUT2D eigenvalue weighted by atomic mass is 10.1. The summed E-state index contributed by atoms with van der Waals surface area (Å²) in [5, 5.41) is 16.2. The fourth-order valence-corrected chi connectivity index (χ4v) is 2.66. The van der Waals surface area contributed by atoms with Crippen LogP contribution in [0.3, 0.4) is 0 Å². The van der Waals surface area contributed by atoms with Gasteiger partial charge in [0.1, 0.15) is 21.9 Å². The monoisotopic (exact) mass is 326 g/mol. The molecule has 21 heavy (non-hydrogen) atoms. The summed E-state index contributed by atoms with van der Waals surface area (Å²) in [6.07, 6.45) is 3.23. The predicted molar refractivity (Wildman–Crippen MR) is 78.5 cm³/mol. The highest BCUT2D eigenvalue weighted by atomic mass is 35.5. The van der Waals surface area contributed by atoms with Crippen molar-refractivity contribution in [3.05, 3.63) is 49.7 Å². The Morgan fingerprint density at radius 1 is 1.57 bits per heavy atom. The molecule has 9 heteroatoms. The van der Waals surface area contributed by atoms with E-state index in [-0.39, 0.29) is 22.4 Å². The quantitative estimate of drug-likeness (QED) is 0.517. The summed E-state index contributed by atoms with van der Waals surface area (Å²) in [5.74, 6) is -0.576. The fourth-order valence-electron chi connectivity index (χ4n) is 1.73. The second-order valence-corrected chi connectivity index (χ2v) is 5.40. The highest BCUT2D eigenvalue weighted by Crippen LogP contribution is 2.23. The summed E-state index contributed by atoms with van der Waals surface area (Å²) in [7, 11) is 0. The van der Waals surface area contributed by atoms with Gasteiger partial charge >= 0.3 is 0 Å². The van der Waals surface area contributed by atoms with E-state index in [1.807, 2.05) is 6.92 Å². The van der Waals surface area contributed by atoms with Gasteiger partial charge in [-0.05, 0) is 12.5 Å². The minimum Gasteiger partial charge on any atom is -0.343 e. The molecule has 1 amide bonds. The van der Waals surface area contributed by atoms with Gasteiger partial charge in [0, 0.05) is 11.6 Å². The Labute approximate surface area is 129 Å². The number of carbonyl (C=O) groups is 1. The van der Waals surface area contributed by atoms with Gasteiger partial charge in [-0.25, -0.2) is 9.97 Å². The van der Waals surface area contributed by atoms with Gasteiger partial charge in [-0.3, -0.25) is 14.9 Å². The Kier molecular flexibility index (Phi) is 4.81. The van der Waals surface area contributed by atoms with Crippen LogP contribution in [-0.2, 0) is 0 Å². The van der Waals surface area contributed by atoms with E-state index >= 15 is 0 Å². The van der Waals surface area contributed by atoms with Gasteiger partial charge in [0.15, 0.2) is 0 Å². The van der Waals surface area contributed by atoms with Crippen LogP contribution >= 0.6 is 22.9 Å². The summed E-state index contributed by atoms with van der Waals surface area (Å²) >= 11 is 7.12. The van der Waals surface area contributed by atoms with Gasteiger partial charge in [0.05, 0.1) is 11.0 Å². The Morgan fingerprint density at radius 3 is 2.90 bits per heavy atom. The van der Waals surface area contributed by atoms with Gasteiger partial charge in [0.25, 0.3) is 11.6 Å². The van der Waals surface area contributed by atoms with Crippen molar-refractivity contribution < 1.29 is 9.72 Å². The van der Waals surface area contributed by atoms with Crippen LogP contribution < -0.4 is 5.32 Å². The third-order valence-electron chi connectivity index (χ3n) is 2.75. The van der Waals surface area contributed by atoms with Gasteiger partial charge in [0.2, 0.25) is 0 Å². The number of amides is 1. The number of pyridine rings is 1. The maximum Gasteiger partial charge on any atom is 0.300 e. The molecule has 1 atom stereocenters. The van der Waals surface area contributed by atoms with Crippen LogP contribution in [0, 0.1) is 10.1 Å². The second kappa shape index (κ2) is 6.59. The zero-order chi connectivity index (χ0) is 15.4. The number of nitrogens with one attached hydrogen (secondary N) is 1. The highest BCUT2D eigenvalue weighted by molar-refractivity contribution is 7.09. The van der Waals surface area contributed by atoms with E-state index in [1.165, 1.54) is 17.4 Å². The van der Waals surface area contributed by atoms with Crippen LogP contribution in [0.1, 0.15) is 34.8 Å². The van der Waals surface area contributed by atoms with Crippen LogP contribution in [0.25, 0.3) is 0 Å². The van der Waals surface area contributed by atoms with Gasteiger partial charge in [-0.15, -0.1) is 11.3 Å². The topological polar surface area (TPSA) is 98.0 Å². The average molecular weight is 327 g/mol. The lowest BCUT2D eigenvalue weighted by molar-refractivity contribution is -0.385. The van der Waals surface area contributed by atoms with E-state index in [1.54, 1.807) is 11.6 Å². The fraction of sp³-hybridized carbons (Fsp3) is 0.250. The van der Waals surface area contributed by atoms with E-state index in [0.717, 1.165) is 11.2 Å². The van der Waals surface area contributed by atoms with E-state index in [0.29, 0.717) is 6.42 Å². The molecular formula is C12H11ClN4O3S. The predicted octanol–water partition coefficient (Wildman–Crippen LogP) is 2.98. The minimum atomic E-state index is -0.664. The number of thiazole rings is 1. The van der Waals surface area contributed by atoms with Crippen molar-refractivity contribution in [1.29, 1.82) is 0 Å². The molecule has 2 aromatic heterocycles. The number of hydrogen-bond donors (Lipinski definition) is 1. The standard InChI is InChI=1S/C12H11ClN4O3S/c1-2-8(12-14-3-4-21-12)16-11(18)7-5-10(13)15-6-9(7)17(19)20/h3-6,8H,2H2,1H3,(H,16,18). The summed E-state index contributed by atoms with van der Waals surface area (Å²) in [6.45, 7) is 1.89. The van der Waals surface area contributed by atoms with Crippen molar-refractivity contribution in [2.45, 2.75) is 19.4 Å². The molecule has 0 aromatic carbocycles. The van der Waals surface area contributed by atoms with Crippen molar-refractivity contribution in [3.8, 4) is 0 Å². The molecule has 0 saturated heterocycles. The molecule has 2 aromatic rings. The first kappa shape index (κ1) is 15.3. The van der Waals surface area contributed by atoms with E-state index in [2.05, 4.69) is 15.3 Å². The molecular weight excluding hydrogens is 316 g/mol. The zero-order valence-electron chi connectivity index (χ0n) is 10.9. The molecule has 1 N–H and O–H groups in total. The maximum absolute atomic E-state index is 12.3. The molecule has 2 heterocycles.